The number of carbonyl (C=O) groups is 1. The lowest BCUT2D eigenvalue weighted by Gasteiger charge is -2.27. The highest BCUT2D eigenvalue weighted by atomic mass is 32.2. The van der Waals surface area contributed by atoms with Crippen molar-refractivity contribution in [2.24, 2.45) is 0 Å². The van der Waals surface area contributed by atoms with Crippen molar-refractivity contribution in [2.75, 3.05) is 19.3 Å². The van der Waals surface area contributed by atoms with E-state index < -0.39 is 15.8 Å². The second kappa shape index (κ2) is 9.07. The number of hydrogen-bond donors (Lipinski definition) is 1. The minimum atomic E-state index is -3.88. The van der Waals surface area contributed by atoms with Gasteiger partial charge in [-0.3, -0.25) is 4.79 Å². The summed E-state index contributed by atoms with van der Waals surface area (Å²) in [5.74, 6) is -0.612. The van der Waals surface area contributed by atoms with Crippen molar-refractivity contribution in [1.29, 1.82) is 0 Å². The summed E-state index contributed by atoms with van der Waals surface area (Å²) in [7, 11) is -3.88. The van der Waals surface area contributed by atoms with Crippen LogP contribution in [0.4, 0.5) is 4.39 Å². The minimum Gasteiger partial charge on any atom is -0.339 e. The van der Waals surface area contributed by atoms with Crippen LogP contribution in [0.1, 0.15) is 35.2 Å². The summed E-state index contributed by atoms with van der Waals surface area (Å²) >= 11 is 1.41. The Hall–Kier alpha value is -1.90. The van der Waals surface area contributed by atoms with Gasteiger partial charge in [0.25, 0.3) is 5.91 Å². The third kappa shape index (κ3) is 4.74. The molecule has 0 atom stereocenters. The number of piperidine rings is 1. The molecule has 0 saturated carbocycles. The van der Waals surface area contributed by atoms with Gasteiger partial charge in [0.2, 0.25) is 10.0 Å². The Kier molecular flexibility index (Phi) is 6.74. The van der Waals surface area contributed by atoms with Crippen molar-refractivity contribution in [3.63, 3.8) is 0 Å². The molecule has 150 valence electrons. The highest BCUT2D eigenvalue weighted by Gasteiger charge is 2.23. The quantitative estimate of drug-likeness (QED) is 0.722. The first-order valence-electron chi connectivity index (χ1n) is 9.13. The molecule has 3 rings (SSSR count). The maximum atomic E-state index is 13.8. The third-order valence-corrected chi connectivity index (χ3v) is 6.96. The Labute approximate surface area is 169 Å². The van der Waals surface area contributed by atoms with Crippen LogP contribution < -0.4 is 4.72 Å². The van der Waals surface area contributed by atoms with Crippen molar-refractivity contribution in [3.8, 4) is 0 Å². The fourth-order valence-corrected chi connectivity index (χ4v) is 4.79. The third-order valence-electron chi connectivity index (χ3n) is 4.77. The zero-order valence-corrected chi connectivity index (χ0v) is 17.3. The largest absolute Gasteiger partial charge is 0.339 e. The summed E-state index contributed by atoms with van der Waals surface area (Å²) in [6.07, 6.45) is 4.88. The molecule has 5 nitrogen and oxygen atoms in total. The molecule has 1 saturated heterocycles. The summed E-state index contributed by atoms with van der Waals surface area (Å²) < 4.78 is 41.6. The first kappa shape index (κ1) is 20.8. The van der Waals surface area contributed by atoms with Gasteiger partial charge in [0.1, 0.15) is 5.82 Å². The van der Waals surface area contributed by atoms with Crippen LogP contribution in [0.25, 0.3) is 0 Å². The highest BCUT2D eigenvalue weighted by Crippen LogP contribution is 2.26. The number of thioether (sulfide) groups is 1. The molecule has 0 aliphatic carbocycles. The summed E-state index contributed by atoms with van der Waals surface area (Å²) in [5, 5.41) is 0. The van der Waals surface area contributed by atoms with E-state index in [2.05, 4.69) is 4.72 Å². The average Bonchev–Trinajstić information content (AvgIpc) is 2.72. The smallest absolute Gasteiger partial charge is 0.255 e. The fraction of sp³-hybridized carbons (Fsp3) is 0.350. The van der Waals surface area contributed by atoms with Gasteiger partial charge in [-0.15, -0.1) is 11.8 Å². The Morgan fingerprint density at radius 1 is 1.14 bits per heavy atom. The van der Waals surface area contributed by atoms with Crippen LogP contribution in [0.15, 0.2) is 52.3 Å². The fourth-order valence-electron chi connectivity index (χ4n) is 3.19. The van der Waals surface area contributed by atoms with E-state index in [9.17, 15) is 17.6 Å². The van der Waals surface area contributed by atoms with Crippen molar-refractivity contribution in [1.82, 2.24) is 9.62 Å². The molecule has 0 spiro atoms. The van der Waals surface area contributed by atoms with Gasteiger partial charge >= 0.3 is 0 Å². The van der Waals surface area contributed by atoms with E-state index >= 15 is 0 Å². The molecule has 0 radical (unpaired) electrons. The molecule has 1 heterocycles. The van der Waals surface area contributed by atoms with Crippen molar-refractivity contribution >= 4 is 27.7 Å². The second-order valence-electron chi connectivity index (χ2n) is 6.63. The van der Waals surface area contributed by atoms with Crippen molar-refractivity contribution in [3.05, 3.63) is 59.4 Å². The first-order chi connectivity index (χ1) is 13.4. The van der Waals surface area contributed by atoms with E-state index in [0.29, 0.717) is 18.7 Å². The molecule has 1 amide bonds. The standard InChI is InChI=1S/C20H23FN2O3S2/c1-27-19-10-9-16(13-17(19)20(24)23-11-5-2-6-12-23)28(25,26)22-14-15-7-3-4-8-18(15)21/h3-4,7-10,13,22H,2,5-6,11-12,14H2,1H3. The van der Waals surface area contributed by atoms with Gasteiger partial charge in [0.05, 0.1) is 10.5 Å². The molecule has 0 aromatic heterocycles. The van der Waals surface area contributed by atoms with Crippen LogP contribution >= 0.6 is 11.8 Å². The van der Waals surface area contributed by atoms with Crippen molar-refractivity contribution in [2.45, 2.75) is 35.6 Å². The number of amides is 1. The van der Waals surface area contributed by atoms with Gasteiger partial charge in [0.15, 0.2) is 0 Å². The lowest BCUT2D eigenvalue weighted by Crippen LogP contribution is -2.36. The first-order valence-corrected chi connectivity index (χ1v) is 11.8. The number of nitrogens with zero attached hydrogens (tertiary/aromatic N) is 1. The number of rotatable bonds is 6. The van der Waals surface area contributed by atoms with E-state index in [-0.39, 0.29) is 22.9 Å². The molecule has 28 heavy (non-hydrogen) atoms. The van der Waals surface area contributed by atoms with E-state index in [4.69, 9.17) is 0 Å². The molecule has 1 aliphatic heterocycles. The van der Waals surface area contributed by atoms with Gasteiger partial charge < -0.3 is 4.90 Å². The monoisotopic (exact) mass is 422 g/mol. The summed E-state index contributed by atoms with van der Waals surface area (Å²) in [5.41, 5.74) is 0.652. The Bertz CT molecular complexity index is 958. The van der Waals surface area contributed by atoms with Crippen LogP contribution in [0.2, 0.25) is 0 Å². The van der Waals surface area contributed by atoms with Crippen LogP contribution in [-0.4, -0.2) is 38.6 Å². The number of nitrogens with one attached hydrogen (secondary N) is 1. The summed E-state index contributed by atoms with van der Waals surface area (Å²) in [4.78, 5) is 15.5. The normalized spacial score (nSPS) is 14.9. The number of likely N-dealkylation sites (tertiary alicyclic amines) is 1. The zero-order valence-electron chi connectivity index (χ0n) is 15.7. The lowest BCUT2D eigenvalue weighted by molar-refractivity contribution is 0.0720. The molecule has 1 N–H and O–H groups in total. The van der Waals surface area contributed by atoms with Crippen molar-refractivity contribution < 1.29 is 17.6 Å². The molecule has 2 aromatic carbocycles. The maximum Gasteiger partial charge on any atom is 0.255 e. The Morgan fingerprint density at radius 3 is 2.54 bits per heavy atom. The van der Waals surface area contributed by atoms with Gasteiger partial charge in [0, 0.05) is 30.1 Å². The number of carbonyl (C=O) groups excluding carboxylic acids is 1. The number of sulfonamides is 1. The number of hydrogen-bond acceptors (Lipinski definition) is 4. The highest BCUT2D eigenvalue weighted by molar-refractivity contribution is 7.98. The van der Waals surface area contributed by atoms with Crippen LogP contribution in [0.3, 0.4) is 0 Å². The minimum absolute atomic E-state index is 0.00185. The zero-order chi connectivity index (χ0) is 20.1. The predicted molar refractivity (Wildman–Crippen MR) is 108 cm³/mol. The SMILES string of the molecule is CSc1ccc(S(=O)(=O)NCc2ccccc2F)cc1C(=O)N1CCCCC1. The Morgan fingerprint density at radius 2 is 1.86 bits per heavy atom. The van der Waals surface area contributed by atoms with E-state index in [1.54, 1.807) is 23.1 Å². The number of halogens is 1. The molecule has 1 fully saturated rings. The van der Waals surface area contributed by atoms with E-state index in [0.717, 1.165) is 24.2 Å². The Balaban J connectivity index is 1.84. The predicted octanol–water partition coefficient (Wildman–Crippen LogP) is 3.65. The molecule has 2 aromatic rings. The van der Waals surface area contributed by atoms with E-state index in [1.807, 2.05) is 6.26 Å². The van der Waals surface area contributed by atoms with Crippen LogP contribution in [0.5, 0.6) is 0 Å². The average molecular weight is 423 g/mol. The molecular formula is C20H23FN2O3S2. The maximum absolute atomic E-state index is 13.8. The molecular weight excluding hydrogens is 399 g/mol. The molecule has 0 bridgehead atoms. The van der Waals surface area contributed by atoms with Crippen LogP contribution in [-0.2, 0) is 16.6 Å². The van der Waals surface area contributed by atoms with Crippen LogP contribution in [0, 0.1) is 5.82 Å². The molecule has 0 unspecified atom stereocenters. The van der Waals surface area contributed by atoms with Gasteiger partial charge in [-0.05, 0) is 49.8 Å². The second-order valence-corrected chi connectivity index (χ2v) is 9.25. The lowest BCUT2D eigenvalue weighted by atomic mass is 10.1. The molecule has 1 aliphatic rings. The van der Waals surface area contributed by atoms with Gasteiger partial charge in [-0.25, -0.2) is 17.5 Å². The van der Waals surface area contributed by atoms with Gasteiger partial charge in [-0.1, -0.05) is 18.2 Å². The topological polar surface area (TPSA) is 66.5 Å². The summed E-state index contributed by atoms with van der Waals surface area (Å²) in [6.45, 7) is 1.22. The van der Waals surface area contributed by atoms with E-state index in [1.165, 1.54) is 36.0 Å². The summed E-state index contributed by atoms with van der Waals surface area (Å²) in [6, 6.07) is 10.6. The number of benzene rings is 2. The molecule has 8 heteroatoms. The van der Waals surface area contributed by atoms with Gasteiger partial charge in [-0.2, -0.15) is 0 Å².